The molecule has 0 aliphatic carbocycles. The van der Waals surface area contributed by atoms with Crippen molar-refractivity contribution in [2.45, 2.75) is 27.2 Å². The van der Waals surface area contributed by atoms with Crippen molar-refractivity contribution < 1.29 is 4.79 Å². The summed E-state index contributed by atoms with van der Waals surface area (Å²) in [6.45, 7) is 6.82. The van der Waals surface area contributed by atoms with E-state index in [1.165, 1.54) is 0 Å². The average Bonchev–Trinajstić information content (AvgIpc) is 2.47. The highest BCUT2D eigenvalue weighted by atomic mass is 16.1. The van der Waals surface area contributed by atoms with Crippen LogP contribution in [0.5, 0.6) is 0 Å². The number of nitrogens with zero attached hydrogens (tertiary/aromatic N) is 2. The van der Waals surface area contributed by atoms with Gasteiger partial charge in [0.15, 0.2) is 5.78 Å². The summed E-state index contributed by atoms with van der Waals surface area (Å²) in [5.74, 6) is 1.99. The molecule has 0 amide bonds. The van der Waals surface area contributed by atoms with Crippen molar-refractivity contribution in [2.24, 2.45) is 5.92 Å². The molecule has 5 nitrogen and oxygen atoms in total. The number of carbonyl (C=O) groups is 1. The summed E-state index contributed by atoms with van der Waals surface area (Å²) in [5.41, 5.74) is 1.46. The van der Waals surface area contributed by atoms with Gasteiger partial charge in [0.2, 0.25) is 5.95 Å². The molecule has 0 spiro atoms. The van der Waals surface area contributed by atoms with Crippen LogP contribution in [-0.2, 0) is 0 Å². The lowest BCUT2D eigenvalue weighted by Crippen LogP contribution is -2.07. The van der Waals surface area contributed by atoms with Crippen molar-refractivity contribution in [1.82, 2.24) is 9.97 Å². The molecule has 2 aromatic rings. The lowest BCUT2D eigenvalue weighted by molar-refractivity contribution is 0.101. The van der Waals surface area contributed by atoms with E-state index in [0.29, 0.717) is 17.4 Å². The molecule has 0 unspecified atom stereocenters. The Labute approximate surface area is 131 Å². The van der Waals surface area contributed by atoms with E-state index in [1.807, 2.05) is 18.2 Å². The number of ketones is 1. The minimum atomic E-state index is 0.0358. The minimum Gasteiger partial charge on any atom is -0.370 e. The molecule has 0 saturated heterocycles. The SMILES string of the molecule is CC(=O)c1cccc(Nc2nccc(NCCC(C)C)n2)c1. The molecule has 0 saturated carbocycles. The predicted octanol–water partition coefficient (Wildman–Crippen LogP) is 3.88. The van der Waals surface area contributed by atoms with E-state index in [4.69, 9.17) is 0 Å². The summed E-state index contributed by atoms with van der Waals surface area (Å²) in [4.78, 5) is 20.0. The first kappa shape index (κ1) is 15.9. The van der Waals surface area contributed by atoms with Crippen LogP contribution in [0.25, 0.3) is 0 Å². The van der Waals surface area contributed by atoms with Gasteiger partial charge in [-0.05, 0) is 37.5 Å². The Morgan fingerprint density at radius 1 is 1.27 bits per heavy atom. The predicted molar refractivity (Wildman–Crippen MR) is 89.7 cm³/mol. The van der Waals surface area contributed by atoms with Crippen molar-refractivity contribution >= 4 is 23.2 Å². The van der Waals surface area contributed by atoms with Crippen molar-refractivity contribution in [3.8, 4) is 0 Å². The maximum Gasteiger partial charge on any atom is 0.229 e. The molecular weight excluding hydrogens is 276 g/mol. The van der Waals surface area contributed by atoms with Gasteiger partial charge in [-0.3, -0.25) is 4.79 Å². The van der Waals surface area contributed by atoms with Gasteiger partial charge in [0.25, 0.3) is 0 Å². The number of aromatic nitrogens is 2. The monoisotopic (exact) mass is 298 g/mol. The highest BCUT2D eigenvalue weighted by Crippen LogP contribution is 2.16. The van der Waals surface area contributed by atoms with E-state index in [0.717, 1.165) is 24.5 Å². The van der Waals surface area contributed by atoms with Crippen LogP contribution in [0.3, 0.4) is 0 Å². The molecule has 0 fully saturated rings. The van der Waals surface area contributed by atoms with Gasteiger partial charge in [-0.15, -0.1) is 0 Å². The lowest BCUT2D eigenvalue weighted by Gasteiger charge is -2.10. The molecule has 1 aromatic heterocycles. The fraction of sp³-hybridized carbons (Fsp3) is 0.353. The Morgan fingerprint density at radius 2 is 2.09 bits per heavy atom. The molecular formula is C17H22N4O. The summed E-state index contributed by atoms with van der Waals surface area (Å²) in [6, 6.07) is 9.15. The number of rotatable bonds is 7. The van der Waals surface area contributed by atoms with Crippen LogP contribution in [0.2, 0.25) is 0 Å². The molecule has 0 aliphatic rings. The van der Waals surface area contributed by atoms with E-state index < -0.39 is 0 Å². The number of Topliss-reactive ketones (excluding diaryl/α,β-unsaturated/α-hetero) is 1. The summed E-state index contributed by atoms with van der Waals surface area (Å²) in [7, 11) is 0. The first-order chi connectivity index (χ1) is 10.5. The van der Waals surface area contributed by atoms with Crippen molar-refractivity contribution in [3.05, 3.63) is 42.1 Å². The summed E-state index contributed by atoms with van der Waals surface area (Å²) in [5, 5.41) is 6.41. The molecule has 0 atom stereocenters. The second-order valence-corrected chi connectivity index (χ2v) is 5.64. The zero-order chi connectivity index (χ0) is 15.9. The van der Waals surface area contributed by atoms with Gasteiger partial charge in [-0.1, -0.05) is 26.0 Å². The molecule has 5 heteroatoms. The van der Waals surface area contributed by atoms with Gasteiger partial charge in [0.05, 0.1) is 0 Å². The quantitative estimate of drug-likeness (QED) is 0.759. The number of carbonyl (C=O) groups excluding carboxylic acids is 1. The maximum atomic E-state index is 11.4. The highest BCUT2D eigenvalue weighted by molar-refractivity contribution is 5.95. The zero-order valence-electron chi connectivity index (χ0n) is 13.3. The third-order valence-electron chi connectivity index (χ3n) is 3.21. The molecule has 1 aromatic carbocycles. The van der Waals surface area contributed by atoms with Crippen molar-refractivity contribution in [3.63, 3.8) is 0 Å². The smallest absolute Gasteiger partial charge is 0.229 e. The van der Waals surface area contributed by atoms with Crippen LogP contribution < -0.4 is 10.6 Å². The Hall–Kier alpha value is -2.43. The molecule has 2 rings (SSSR count). The highest BCUT2D eigenvalue weighted by Gasteiger charge is 2.03. The third kappa shape index (κ3) is 4.84. The van der Waals surface area contributed by atoms with Crippen LogP contribution in [-0.4, -0.2) is 22.3 Å². The number of hydrogen-bond acceptors (Lipinski definition) is 5. The Morgan fingerprint density at radius 3 is 2.82 bits per heavy atom. The van der Waals surface area contributed by atoms with Crippen molar-refractivity contribution in [1.29, 1.82) is 0 Å². The molecule has 116 valence electrons. The fourth-order valence-corrected chi connectivity index (χ4v) is 1.95. The van der Waals surface area contributed by atoms with Crippen LogP contribution in [0.15, 0.2) is 36.5 Å². The summed E-state index contributed by atoms with van der Waals surface area (Å²) < 4.78 is 0. The first-order valence-electron chi connectivity index (χ1n) is 7.49. The van der Waals surface area contributed by atoms with Gasteiger partial charge >= 0.3 is 0 Å². The van der Waals surface area contributed by atoms with Crippen LogP contribution >= 0.6 is 0 Å². The number of nitrogens with one attached hydrogen (secondary N) is 2. The molecule has 22 heavy (non-hydrogen) atoms. The molecule has 0 radical (unpaired) electrons. The topological polar surface area (TPSA) is 66.9 Å². The second kappa shape index (κ2) is 7.54. The van der Waals surface area contributed by atoms with Crippen LogP contribution in [0, 0.1) is 5.92 Å². The number of anilines is 3. The third-order valence-corrected chi connectivity index (χ3v) is 3.21. The zero-order valence-corrected chi connectivity index (χ0v) is 13.3. The van der Waals surface area contributed by atoms with Crippen LogP contribution in [0.1, 0.15) is 37.6 Å². The summed E-state index contributed by atoms with van der Waals surface area (Å²) >= 11 is 0. The summed E-state index contributed by atoms with van der Waals surface area (Å²) in [6.07, 6.45) is 2.80. The standard InChI is InChI=1S/C17H22N4O/c1-12(2)7-9-18-16-8-10-19-17(21-16)20-15-6-4-5-14(11-15)13(3)22/h4-6,8,10-12H,7,9H2,1-3H3,(H2,18,19,20,21). The maximum absolute atomic E-state index is 11.4. The Kier molecular flexibility index (Phi) is 5.47. The minimum absolute atomic E-state index is 0.0358. The van der Waals surface area contributed by atoms with Gasteiger partial charge in [0.1, 0.15) is 5.82 Å². The first-order valence-corrected chi connectivity index (χ1v) is 7.49. The fourth-order valence-electron chi connectivity index (χ4n) is 1.95. The second-order valence-electron chi connectivity index (χ2n) is 5.64. The van der Waals surface area contributed by atoms with E-state index in [2.05, 4.69) is 34.4 Å². The van der Waals surface area contributed by atoms with Crippen LogP contribution in [0.4, 0.5) is 17.5 Å². The molecule has 0 bridgehead atoms. The molecule has 2 N–H and O–H groups in total. The van der Waals surface area contributed by atoms with E-state index in [-0.39, 0.29) is 5.78 Å². The number of benzene rings is 1. The Bertz CT molecular complexity index is 640. The normalized spacial score (nSPS) is 10.5. The van der Waals surface area contributed by atoms with Crippen molar-refractivity contribution in [2.75, 3.05) is 17.2 Å². The average molecular weight is 298 g/mol. The van der Waals surface area contributed by atoms with E-state index in [1.54, 1.807) is 25.3 Å². The van der Waals surface area contributed by atoms with E-state index >= 15 is 0 Å². The lowest BCUT2D eigenvalue weighted by atomic mass is 10.1. The molecule has 1 heterocycles. The van der Waals surface area contributed by atoms with Gasteiger partial charge < -0.3 is 10.6 Å². The number of hydrogen-bond donors (Lipinski definition) is 2. The van der Waals surface area contributed by atoms with Gasteiger partial charge in [-0.25, -0.2) is 4.98 Å². The van der Waals surface area contributed by atoms with Gasteiger partial charge in [-0.2, -0.15) is 4.98 Å². The Balaban J connectivity index is 2.03. The van der Waals surface area contributed by atoms with E-state index in [9.17, 15) is 4.79 Å². The van der Waals surface area contributed by atoms with Gasteiger partial charge in [0, 0.05) is 24.0 Å². The largest absolute Gasteiger partial charge is 0.370 e. The molecule has 0 aliphatic heterocycles.